The Bertz CT molecular complexity index is 1220. The van der Waals surface area contributed by atoms with Crippen molar-refractivity contribution in [2.75, 3.05) is 5.75 Å². The third kappa shape index (κ3) is 5.63. The van der Waals surface area contributed by atoms with E-state index in [1.807, 2.05) is 65.2 Å². The number of rotatable bonds is 8. The number of hydrazone groups is 1. The molecule has 1 N–H and O–H groups in total. The molecule has 0 aliphatic heterocycles. The van der Waals surface area contributed by atoms with Gasteiger partial charge in [-0.1, -0.05) is 58.0 Å². The van der Waals surface area contributed by atoms with E-state index in [0.29, 0.717) is 16.7 Å². The van der Waals surface area contributed by atoms with Gasteiger partial charge < -0.3 is 4.42 Å². The molecule has 0 aliphatic carbocycles. The van der Waals surface area contributed by atoms with E-state index in [9.17, 15) is 4.79 Å². The number of benzene rings is 2. The second-order valence-electron chi connectivity index (χ2n) is 6.46. The molecule has 32 heavy (non-hydrogen) atoms. The summed E-state index contributed by atoms with van der Waals surface area (Å²) in [6, 6.07) is 21.3. The van der Waals surface area contributed by atoms with Gasteiger partial charge in [-0.05, 0) is 48.6 Å². The fraction of sp³-hybridized carbons (Fsp3) is 0.0435. The summed E-state index contributed by atoms with van der Waals surface area (Å²) in [7, 11) is 0. The third-order valence-electron chi connectivity index (χ3n) is 4.24. The van der Waals surface area contributed by atoms with Crippen LogP contribution in [0.25, 0.3) is 23.2 Å². The number of nitrogens with one attached hydrogen (secondary N) is 1. The first-order valence-corrected chi connectivity index (χ1v) is 11.4. The van der Waals surface area contributed by atoms with E-state index in [-0.39, 0.29) is 11.7 Å². The molecular weight excluding hydrogens is 490 g/mol. The van der Waals surface area contributed by atoms with Gasteiger partial charge >= 0.3 is 0 Å². The number of aromatic nitrogens is 3. The largest absolute Gasteiger partial charge is 0.465 e. The van der Waals surface area contributed by atoms with Crippen LogP contribution < -0.4 is 5.43 Å². The van der Waals surface area contributed by atoms with Crippen LogP contribution >= 0.6 is 27.7 Å². The Morgan fingerprint density at radius 2 is 1.91 bits per heavy atom. The Hall–Kier alpha value is -3.43. The zero-order valence-corrected chi connectivity index (χ0v) is 19.2. The molecule has 1 amide bonds. The number of halogens is 1. The first-order valence-electron chi connectivity index (χ1n) is 9.62. The van der Waals surface area contributed by atoms with Crippen LogP contribution in [0.3, 0.4) is 0 Å². The van der Waals surface area contributed by atoms with Gasteiger partial charge in [0.1, 0.15) is 5.76 Å². The van der Waals surface area contributed by atoms with Gasteiger partial charge in [0.25, 0.3) is 5.91 Å². The quantitative estimate of drug-likeness (QED) is 0.201. The molecular formula is C23H18BrN5O2S. The molecule has 2 aromatic carbocycles. The van der Waals surface area contributed by atoms with E-state index >= 15 is 0 Å². The topological polar surface area (TPSA) is 85.3 Å². The SMILES string of the molecule is O=C(CSc1nnc(-c2ccccc2)n1-c1ccc(Br)cc1)N/N=C/C=C/c1ccco1. The Morgan fingerprint density at radius 3 is 2.66 bits per heavy atom. The summed E-state index contributed by atoms with van der Waals surface area (Å²) in [6.07, 6.45) is 6.51. The lowest BCUT2D eigenvalue weighted by Crippen LogP contribution is -2.19. The van der Waals surface area contributed by atoms with Crippen LogP contribution in [0.2, 0.25) is 0 Å². The van der Waals surface area contributed by atoms with E-state index < -0.39 is 0 Å². The van der Waals surface area contributed by atoms with Gasteiger partial charge in [-0.2, -0.15) is 5.10 Å². The molecule has 0 atom stereocenters. The highest BCUT2D eigenvalue weighted by Gasteiger charge is 2.17. The summed E-state index contributed by atoms with van der Waals surface area (Å²) < 4.78 is 8.09. The average molecular weight is 508 g/mol. The molecule has 7 nitrogen and oxygen atoms in total. The van der Waals surface area contributed by atoms with Gasteiger partial charge in [0.05, 0.1) is 12.0 Å². The molecule has 0 unspecified atom stereocenters. The Balaban J connectivity index is 1.45. The van der Waals surface area contributed by atoms with E-state index in [2.05, 4.69) is 36.7 Å². The molecule has 160 valence electrons. The fourth-order valence-electron chi connectivity index (χ4n) is 2.80. The smallest absolute Gasteiger partial charge is 0.250 e. The zero-order valence-electron chi connectivity index (χ0n) is 16.8. The van der Waals surface area contributed by atoms with Gasteiger partial charge in [-0.15, -0.1) is 10.2 Å². The molecule has 4 rings (SSSR count). The van der Waals surface area contributed by atoms with E-state index in [1.165, 1.54) is 18.0 Å². The first kappa shape index (κ1) is 21.8. The molecule has 2 aromatic heterocycles. The van der Waals surface area contributed by atoms with Crippen molar-refractivity contribution in [1.82, 2.24) is 20.2 Å². The molecule has 4 aromatic rings. The van der Waals surface area contributed by atoms with E-state index in [1.54, 1.807) is 24.5 Å². The standard InChI is InChI=1S/C23H18BrN5O2S/c24-18-10-12-19(13-11-18)29-22(17-6-2-1-3-7-17)27-28-23(29)32-16-21(30)26-25-14-4-8-20-9-5-15-31-20/h1-15H,16H2,(H,26,30)/b8-4+,25-14+. The minimum Gasteiger partial charge on any atom is -0.465 e. The highest BCUT2D eigenvalue weighted by Crippen LogP contribution is 2.28. The van der Waals surface area contributed by atoms with Crippen molar-refractivity contribution in [3.63, 3.8) is 0 Å². The van der Waals surface area contributed by atoms with Crippen molar-refractivity contribution in [1.29, 1.82) is 0 Å². The molecule has 2 heterocycles. The van der Waals surface area contributed by atoms with Gasteiger partial charge in [-0.3, -0.25) is 9.36 Å². The monoisotopic (exact) mass is 507 g/mol. The molecule has 0 aliphatic rings. The maximum absolute atomic E-state index is 12.2. The normalized spacial score (nSPS) is 11.4. The molecule has 0 bridgehead atoms. The minimum absolute atomic E-state index is 0.142. The number of hydrogen-bond acceptors (Lipinski definition) is 6. The predicted molar refractivity (Wildman–Crippen MR) is 130 cm³/mol. The summed E-state index contributed by atoms with van der Waals surface area (Å²) in [5.74, 6) is 1.31. The van der Waals surface area contributed by atoms with Gasteiger partial charge in [0.2, 0.25) is 0 Å². The Kier molecular flexibility index (Phi) is 7.31. The maximum atomic E-state index is 12.2. The second kappa shape index (κ2) is 10.7. The second-order valence-corrected chi connectivity index (χ2v) is 8.32. The molecule has 9 heteroatoms. The van der Waals surface area contributed by atoms with Crippen molar-refractivity contribution in [2.45, 2.75) is 5.16 Å². The van der Waals surface area contributed by atoms with Crippen molar-refractivity contribution < 1.29 is 9.21 Å². The molecule has 0 radical (unpaired) electrons. The summed E-state index contributed by atoms with van der Waals surface area (Å²) in [5.41, 5.74) is 4.34. The minimum atomic E-state index is -0.246. The highest BCUT2D eigenvalue weighted by molar-refractivity contribution is 9.10. The van der Waals surface area contributed by atoms with Crippen LogP contribution in [0.5, 0.6) is 0 Å². The lowest BCUT2D eigenvalue weighted by atomic mass is 10.2. The van der Waals surface area contributed by atoms with Gasteiger partial charge in [0.15, 0.2) is 11.0 Å². The number of carbonyl (C=O) groups excluding carboxylic acids is 1. The van der Waals surface area contributed by atoms with Crippen LogP contribution in [0.15, 0.2) is 98.2 Å². The molecule has 0 fully saturated rings. The number of nitrogens with zero attached hydrogens (tertiary/aromatic N) is 4. The Morgan fingerprint density at radius 1 is 1.09 bits per heavy atom. The van der Waals surface area contributed by atoms with Gasteiger partial charge in [-0.25, -0.2) is 5.43 Å². The summed E-state index contributed by atoms with van der Waals surface area (Å²) in [5, 5.41) is 13.2. The zero-order chi connectivity index (χ0) is 22.2. The average Bonchev–Trinajstić information content (AvgIpc) is 3.49. The lowest BCUT2D eigenvalue weighted by molar-refractivity contribution is -0.118. The van der Waals surface area contributed by atoms with Crippen LogP contribution in [0.4, 0.5) is 0 Å². The number of amides is 1. The Labute approximate surface area is 197 Å². The number of allylic oxidation sites excluding steroid dienone is 1. The molecule has 0 saturated heterocycles. The first-order chi connectivity index (χ1) is 15.7. The van der Waals surface area contributed by atoms with Crippen LogP contribution in [-0.2, 0) is 4.79 Å². The number of thioether (sulfide) groups is 1. The van der Waals surface area contributed by atoms with E-state index in [0.717, 1.165) is 15.7 Å². The number of furan rings is 1. The molecule has 0 saturated carbocycles. The predicted octanol–water partition coefficient (Wildman–Crippen LogP) is 5.20. The van der Waals surface area contributed by atoms with Crippen LogP contribution in [-0.4, -0.2) is 32.6 Å². The van der Waals surface area contributed by atoms with Crippen molar-refractivity contribution >= 4 is 45.9 Å². The molecule has 0 spiro atoms. The maximum Gasteiger partial charge on any atom is 0.250 e. The van der Waals surface area contributed by atoms with Crippen molar-refractivity contribution in [3.05, 3.63) is 89.3 Å². The summed E-state index contributed by atoms with van der Waals surface area (Å²) in [6.45, 7) is 0. The summed E-state index contributed by atoms with van der Waals surface area (Å²) in [4.78, 5) is 12.2. The number of carbonyl (C=O) groups is 1. The van der Waals surface area contributed by atoms with Crippen LogP contribution in [0, 0.1) is 0 Å². The lowest BCUT2D eigenvalue weighted by Gasteiger charge is -2.10. The van der Waals surface area contributed by atoms with Crippen molar-refractivity contribution in [2.24, 2.45) is 5.10 Å². The summed E-state index contributed by atoms with van der Waals surface area (Å²) >= 11 is 4.75. The van der Waals surface area contributed by atoms with Gasteiger partial charge in [0, 0.05) is 21.9 Å². The van der Waals surface area contributed by atoms with E-state index in [4.69, 9.17) is 4.42 Å². The third-order valence-corrected chi connectivity index (χ3v) is 5.69. The fourth-order valence-corrected chi connectivity index (χ4v) is 3.81. The number of hydrogen-bond donors (Lipinski definition) is 1. The highest BCUT2D eigenvalue weighted by atomic mass is 79.9. The van der Waals surface area contributed by atoms with Crippen LogP contribution in [0.1, 0.15) is 5.76 Å². The van der Waals surface area contributed by atoms with Crippen molar-refractivity contribution in [3.8, 4) is 17.1 Å².